The van der Waals surface area contributed by atoms with Gasteiger partial charge in [0.1, 0.15) is 6.04 Å². The SMILES string of the molecule is CCCNC(C#N)CN1CCC(N(C)C)C1. The van der Waals surface area contributed by atoms with Gasteiger partial charge in [0.15, 0.2) is 0 Å². The van der Waals surface area contributed by atoms with Gasteiger partial charge in [-0.2, -0.15) is 5.26 Å². The van der Waals surface area contributed by atoms with Gasteiger partial charge < -0.3 is 10.2 Å². The zero-order chi connectivity index (χ0) is 12.0. The van der Waals surface area contributed by atoms with Crippen LogP contribution in [0.15, 0.2) is 0 Å². The molecule has 1 saturated heterocycles. The molecule has 0 bridgehead atoms. The number of likely N-dealkylation sites (N-methyl/N-ethyl adjacent to an activating group) is 1. The van der Waals surface area contributed by atoms with Crippen LogP contribution in [0, 0.1) is 11.3 Å². The molecule has 4 heteroatoms. The number of hydrogen-bond acceptors (Lipinski definition) is 4. The summed E-state index contributed by atoms with van der Waals surface area (Å²) in [4.78, 5) is 4.67. The van der Waals surface area contributed by atoms with Crippen molar-refractivity contribution in [3.63, 3.8) is 0 Å². The molecule has 2 unspecified atom stereocenters. The van der Waals surface area contributed by atoms with Gasteiger partial charge in [0, 0.05) is 19.1 Å². The highest BCUT2D eigenvalue weighted by Gasteiger charge is 2.25. The summed E-state index contributed by atoms with van der Waals surface area (Å²) in [5, 5.41) is 12.3. The van der Waals surface area contributed by atoms with Crippen LogP contribution in [0.5, 0.6) is 0 Å². The quantitative estimate of drug-likeness (QED) is 0.714. The zero-order valence-corrected chi connectivity index (χ0v) is 10.7. The topological polar surface area (TPSA) is 42.3 Å². The summed E-state index contributed by atoms with van der Waals surface area (Å²) in [6.45, 7) is 6.14. The third-order valence-corrected chi connectivity index (χ3v) is 3.22. The molecule has 1 aliphatic heterocycles. The number of nitriles is 1. The van der Waals surface area contributed by atoms with Crippen molar-refractivity contribution in [1.29, 1.82) is 5.26 Å². The van der Waals surface area contributed by atoms with Gasteiger partial charge in [-0.25, -0.2) is 0 Å². The van der Waals surface area contributed by atoms with Crippen molar-refractivity contribution in [3.05, 3.63) is 0 Å². The van der Waals surface area contributed by atoms with Crippen molar-refractivity contribution >= 4 is 0 Å². The molecule has 1 fully saturated rings. The Hall–Kier alpha value is -0.630. The molecule has 92 valence electrons. The fourth-order valence-electron chi connectivity index (χ4n) is 2.13. The molecule has 1 aliphatic rings. The molecule has 2 atom stereocenters. The molecule has 0 amide bonds. The van der Waals surface area contributed by atoms with Crippen molar-refractivity contribution in [3.8, 4) is 6.07 Å². The molecule has 0 spiro atoms. The Morgan fingerprint density at radius 3 is 2.81 bits per heavy atom. The summed E-state index contributed by atoms with van der Waals surface area (Å²) in [6, 6.07) is 2.99. The fraction of sp³-hybridized carbons (Fsp3) is 0.917. The first-order valence-electron chi connectivity index (χ1n) is 6.19. The van der Waals surface area contributed by atoms with Gasteiger partial charge in [-0.15, -0.1) is 0 Å². The molecule has 4 nitrogen and oxygen atoms in total. The first-order chi connectivity index (χ1) is 7.67. The molecule has 1 rings (SSSR count). The van der Waals surface area contributed by atoms with E-state index in [1.54, 1.807) is 0 Å². The second-order valence-corrected chi connectivity index (χ2v) is 4.80. The van der Waals surface area contributed by atoms with Gasteiger partial charge in [0.25, 0.3) is 0 Å². The number of hydrogen-bond donors (Lipinski definition) is 1. The Bertz CT molecular complexity index is 234. The molecular formula is C12H24N4. The zero-order valence-electron chi connectivity index (χ0n) is 10.7. The lowest BCUT2D eigenvalue weighted by molar-refractivity contribution is 0.260. The minimum Gasteiger partial charge on any atom is -0.305 e. The van der Waals surface area contributed by atoms with E-state index < -0.39 is 0 Å². The van der Waals surface area contributed by atoms with Crippen LogP contribution < -0.4 is 5.32 Å². The highest BCUT2D eigenvalue weighted by atomic mass is 15.2. The molecule has 1 heterocycles. The number of nitrogens with one attached hydrogen (secondary N) is 1. The maximum atomic E-state index is 9.04. The van der Waals surface area contributed by atoms with E-state index in [0.29, 0.717) is 6.04 Å². The van der Waals surface area contributed by atoms with Crippen LogP contribution in [0.3, 0.4) is 0 Å². The van der Waals surface area contributed by atoms with Crippen molar-refractivity contribution in [2.45, 2.75) is 31.8 Å². The third-order valence-electron chi connectivity index (χ3n) is 3.22. The van der Waals surface area contributed by atoms with E-state index in [2.05, 4.69) is 42.2 Å². The minimum atomic E-state index is -0.0131. The van der Waals surface area contributed by atoms with Gasteiger partial charge in [-0.05, 0) is 40.0 Å². The average Bonchev–Trinajstić information content (AvgIpc) is 2.72. The van der Waals surface area contributed by atoms with Crippen molar-refractivity contribution in [2.75, 3.05) is 40.3 Å². The first-order valence-corrected chi connectivity index (χ1v) is 6.19. The molecular weight excluding hydrogens is 200 g/mol. The van der Waals surface area contributed by atoms with E-state index in [1.807, 2.05) is 0 Å². The van der Waals surface area contributed by atoms with Crippen molar-refractivity contribution in [1.82, 2.24) is 15.1 Å². The van der Waals surface area contributed by atoms with E-state index in [-0.39, 0.29) is 6.04 Å². The van der Waals surface area contributed by atoms with Crippen LogP contribution in [-0.4, -0.2) is 62.2 Å². The summed E-state index contributed by atoms with van der Waals surface area (Å²) in [7, 11) is 4.26. The summed E-state index contributed by atoms with van der Waals surface area (Å²) >= 11 is 0. The van der Waals surface area contributed by atoms with Gasteiger partial charge in [0.2, 0.25) is 0 Å². The van der Waals surface area contributed by atoms with E-state index in [4.69, 9.17) is 5.26 Å². The highest BCUT2D eigenvalue weighted by molar-refractivity contribution is 4.94. The van der Waals surface area contributed by atoms with Crippen LogP contribution in [0.1, 0.15) is 19.8 Å². The minimum absolute atomic E-state index is 0.0131. The van der Waals surface area contributed by atoms with E-state index in [1.165, 1.54) is 6.42 Å². The van der Waals surface area contributed by atoms with Crippen molar-refractivity contribution < 1.29 is 0 Å². The lowest BCUT2D eigenvalue weighted by atomic mass is 10.2. The lowest BCUT2D eigenvalue weighted by Gasteiger charge is -2.22. The molecule has 0 radical (unpaired) electrons. The summed E-state index contributed by atoms with van der Waals surface area (Å²) < 4.78 is 0. The maximum absolute atomic E-state index is 9.04. The van der Waals surface area contributed by atoms with Crippen LogP contribution in [0.2, 0.25) is 0 Å². The Kier molecular flexibility index (Phi) is 5.75. The highest BCUT2D eigenvalue weighted by Crippen LogP contribution is 2.13. The number of rotatable bonds is 6. The lowest BCUT2D eigenvalue weighted by Crippen LogP contribution is -2.41. The smallest absolute Gasteiger partial charge is 0.108 e. The summed E-state index contributed by atoms with van der Waals surface area (Å²) in [5.74, 6) is 0. The van der Waals surface area contributed by atoms with Crippen LogP contribution in [0.4, 0.5) is 0 Å². The summed E-state index contributed by atoms with van der Waals surface area (Å²) in [6.07, 6.45) is 2.30. The van der Waals surface area contributed by atoms with Gasteiger partial charge in [-0.3, -0.25) is 4.90 Å². The maximum Gasteiger partial charge on any atom is 0.108 e. The Morgan fingerprint density at radius 1 is 1.56 bits per heavy atom. The van der Waals surface area contributed by atoms with E-state index >= 15 is 0 Å². The standard InChI is InChI=1S/C12H24N4/c1-4-6-14-11(8-13)9-16-7-5-12(10-16)15(2)3/h11-12,14H,4-7,9-10H2,1-3H3. The molecule has 16 heavy (non-hydrogen) atoms. The first kappa shape index (κ1) is 13.4. The van der Waals surface area contributed by atoms with Crippen LogP contribution in [0.25, 0.3) is 0 Å². The largest absolute Gasteiger partial charge is 0.305 e. The van der Waals surface area contributed by atoms with Gasteiger partial charge in [-0.1, -0.05) is 6.92 Å². The van der Waals surface area contributed by atoms with Gasteiger partial charge >= 0.3 is 0 Å². The summed E-state index contributed by atoms with van der Waals surface area (Å²) in [5.41, 5.74) is 0. The molecule has 0 saturated carbocycles. The van der Waals surface area contributed by atoms with Crippen molar-refractivity contribution in [2.24, 2.45) is 0 Å². The van der Waals surface area contributed by atoms with Gasteiger partial charge in [0.05, 0.1) is 6.07 Å². The molecule has 0 aromatic heterocycles. The molecule has 0 aromatic carbocycles. The predicted octanol–water partition coefficient (Wildman–Crippen LogP) is 0.514. The van der Waals surface area contributed by atoms with Crippen LogP contribution in [-0.2, 0) is 0 Å². The number of likely N-dealkylation sites (tertiary alicyclic amines) is 1. The monoisotopic (exact) mass is 224 g/mol. The normalized spacial score (nSPS) is 23.6. The third kappa shape index (κ3) is 4.09. The Labute approximate surface area is 99.2 Å². The Balaban J connectivity index is 2.29. The van der Waals surface area contributed by atoms with E-state index in [9.17, 15) is 0 Å². The molecule has 1 N–H and O–H groups in total. The molecule has 0 aliphatic carbocycles. The second-order valence-electron chi connectivity index (χ2n) is 4.80. The average molecular weight is 224 g/mol. The molecule has 0 aromatic rings. The Morgan fingerprint density at radius 2 is 2.31 bits per heavy atom. The van der Waals surface area contributed by atoms with Crippen LogP contribution >= 0.6 is 0 Å². The number of nitrogens with zero attached hydrogens (tertiary/aromatic N) is 3. The fourth-order valence-corrected chi connectivity index (χ4v) is 2.13. The second kappa shape index (κ2) is 6.85. The van der Waals surface area contributed by atoms with E-state index in [0.717, 1.165) is 32.6 Å². The predicted molar refractivity (Wildman–Crippen MR) is 66.2 cm³/mol.